The average Bonchev–Trinajstić information content (AvgIpc) is 2.22. The summed E-state index contributed by atoms with van der Waals surface area (Å²) in [5.74, 6) is -0.121. The van der Waals surface area contributed by atoms with Gasteiger partial charge in [0.15, 0.2) is 10.3 Å². The predicted molar refractivity (Wildman–Crippen MR) is 68.4 cm³/mol. The maximum Gasteiger partial charge on any atom is 0.242 e. The summed E-state index contributed by atoms with van der Waals surface area (Å²) in [6, 6.07) is 1.17. The Bertz CT molecular complexity index is 411. The summed E-state index contributed by atoms with van der Waals surface area (Å²) < 4.78 is 0. The fraction of sp³-hybridized carbons (Fsp3) is 0.500. The van der Waals surface area contributed by atoms with E-state index in [0.717, 1.165) is 0 Å². The van der Waals surface area contributed by atoms with Crippen LogP contribution < -0.4 is 10.6 Å². The maximum atomic E-state index is 11.7. The van der Waals surface area contributed by atoms with Crippen LogP contribution in [0.2, 0.25) is 10.3 Å². The molecular weight excluding hydrogens is 263 g/mol. The number of anilines is 1. The summed E-state index contributed by atoms with van der Waals surface area (Å²) >= 11 is 11.5. The van der Waals surface area contributed by atoms with Crippen LogP contribution >= 0.6 is 23.2 Å². The maximum absolute atomic E-state index is 11.7. The van der Waals surface area contributed by atoms with Crippen LogP contribution in [-0.4, -0.2) is 28.2 Å². The molecule has 1 aromatic heterocycles. The Labute approximate surface area is 110 Å². The van der Waals surface area contributed by atoms with Crippen molar-refractivity contribution < 1.29 is 4.79 Å². The van der Waals surface area contributed by atoms with E-state index in [0.29, 0.717) is 5.69 Å². The fourth-order valence-electron chi connectivity index (χ4n) is 1.16. The van der Waals surface area contributed by atoms with Gasteiger partial charge in [0, 0.05) is 12.1 Å². The van der Waals surface area contributed by atoms with Crippen LogP contribution in [0.15, 0.2) is 6.07 Å². The molecular formula is C10H14Cl2N4O. The number of aromatic nitrogens is 2. The van der Waals surface area contributed by atoms with E-state index in [9.17, 15) is 4.79 Å². The molecule has 0 radical (unpaired) electrons. The van der Waals surface area contributed by atoms with Gasteiger partial charge < -0.3 is 10.6 Å². The zero-order chi connectivity index (χ0) is 13.0. The standard InChI is InChI=1S/C10H14Cl2N4O/c1-5(2)13-10(17)6(3)14-7-4-8(11)15-16-9(7)12/h4-6H,1-3H3,(H,13,17)(H,14,15). The molecule has 17 heavy (non-hydrogen) atoms. The lowest BCUT2D eigenvalue weighted by atomic mass is 10.2. The van der Waals surface area contributed by atoms with Gasteiger partial charge in [-0.2, -0.15) is 0 Å². The second-order valence-electron chi connectivity index (χ2n) is 3.90. The number of rotatable bonds is 4. The highest BCUT2D eigenvalue weighted by atomic mass is 35.5. The van der Waals surface area contributed by atoms with Crippen LogP contribution in [0.1, 0.15) is 20.8 Å². The quantitative estimate of drug-likeness (QED) is 0.884. The van der Waals surface area contributed by atoms with Gasteiger partial charge in [-0.05, 0) is 20.8 Å². The zero-order valence-corrected chi connectivity index (χ0v) is 11.3. The Morgan fingerprint density at radius 3 is 2.53 bits per heavy atom. The van der Waals surface area contributed by atoms with Gasteiger partial charge in [0.25, 0.3) is 0 Å². The number of nitrogens with zero attached hydrogens (tertiary/aromatic N) is 2. The minimum Gasteiger partial charge on any atom is -0.371 e. The molecule has 1 aromatic rings. The van der Waals surface area contributed by atoms with Gasteiger partial charge in [0.05, 0.1) is 5.69 Å². The van der Waals surface area contributed by atoms with Gasteiger partial charge in [0.1, 0.15) is 6.04 Å². The van der Waals surface area contributed by atoms with Crippen molar-refractivity contribution in [3.05, 3.63) is 16.4 Å². The Hall–Kier alpha value is -1.07. The molecule has 2 N–H and O–H groups in total. The number of amides is 1. The predicted octanol–water partition coefficient (Wildman–Crippen LogP) is 2.11. The van der Waals surface area contributed by atoms with Gasteiger partial charge >= 0.3 is 0 Å². The van der Waals surface area contributed by atoms with Crippen molar-refractivity contribution in [1.29, 1.82) is 0 Å². The molecule has 0 aliphatic rings. The second-order valence-corrected chi connectivity index (χ2v) is 4.65. The smallest absolute Gasteiger partial charge is 0.242 e. The van der Waals surface area contributed by atoms with Crippen molar-refractivity contribution in [2.75, 3.05) is 5.32 Å². The summed E-state index contributed by atoms with van der Waals surface area (Å²) in [6.45, 7) is 5.51. The molecule has 0 bridgehead atoms. The molecule has 94 valence electrons. The topological polar surface area (TPSA) is 66.9 Å². The van der Waals surface area contributed by atoms with Crippen molar-refractivity contribution in [2.24, 2.45) is 0 Å². The largest absolute Gasteiger partial charge is 0.371 e. The molecule has 1 amide bonds. The Balaban J connectivity index is 2.70. The van der Waals surface area contributed by atoms with Crippen LogP contribution in [-0.2, 0) is 4.79 Å². The van der Waals surface area contributed by atoms with Crippen LogP contribution in [0.3, 0.4) is 0 Å². The highest BCUT2D eigenvalue weighted by Crippen LogP contribution is 2.21. The van der Waals surface area contributed by atoms with E-state index in [4.69, 9.17) is 23.2 Å². The second kappa shape index (κ2) is 6.02. The third kappa shape index (κ3) is 4.36. The number of hydrogen-bond donors (Lipinski definition) is 2. The molecule has 0 aliphatic heterocycles. The molecule has 0 fully saturated rings. The average molecular weight is 277 g/mol. The minimum absolute atomic E-state index is 0.0846. The Kier molecular flexibility index (Phi) is 4.96. The number of carbonyl (C=O) groups excluding carboxylic acids is 1. The van der Waals surface area contributed by atoms with Crippen LogP contribution in [0.4, 0.5) is 5.69 Å². The van der Waals surface area contributed by atoms with Crippen molar-refractivity contribution in [3.8, 4) is 0 Å². The molecule has 0 aromatic carbocycles. The lowest BCUT2D eigenvalue weighted by Crippen LogP contribution is -2.41. The van der Waals surface area contributed by atoms with E-state index >= 15 is 0 Å². The lowest BCUT2D eigenvalue weighted by molar-refractivity contribution is -0.122. The van der Waals surface area contributed by atoms with Crippen molar-refractivity contribution >= 4 is 34.8 Å². The zero-order valence-electron chi connectivity index (χ0n) is 9.79. The molecule has 7 heteroatoms. The summed E-state index contributed by atoms with van der Waals surface area (Å²) in [5, 5.41) is 13.3. The van der Waals surface area contributed by atoms with E-state index in [1.54, 1.807) is 6.92 Å². The van der Waals surface area contributed by atoms with Gasteiger partial charge in [-0.3, -0.25) is 4.79 Å². The number of halogens is 2. The van der Waals surface area contributed by atoms with Gasteiger partial charge in [-0.1, -0.05) is 23.2 Å². The Morgan fingerprint density at radius 1 is 1.29 bits per heavy atom. The number of carbonyl (C=O) groups is 1. The summed E-state index contributed by atoms with van der Waals surface area (Å²) in [4.78, 5) is 11.7. The lowest BCUT2D eigenvalue weighted by Gasteiger charge is -2.17. The highest BCUT2D eigenvalue weighted by molar-refractivity contribution is 6.33. The molecule has 1 atom stereocenters. The van der Waals surface area contributed by atoms with E-state index in [1.807, 2.05) is 13.8 Å². The third-order valence-corrected chi connectivity index (χ3v) is 2.38. The molecule has 0 spiro atoms. The molecule has 1 unspecified atom stereocenters. The monoisotopic (exact) mass is 276 g/mol. The third-order valence-electron chi connectivity index (χ3n) is 1.92. The van der Waals surface area contributed by atoms with E-state index in [-0.39, 0.29) is 22.3 Å². The summed E-state index contributed by atoms with van der Waals surface area (Å²) in [6.07, 6.45) is 0. The van der Waals surface area contributed by atoms with Crippen molar-refractivity contribution in [3.63, 3.8) is 0 Å². The first-order valence-electron chi connectivity index (χ1n) is 5.15. The first-order chi connectivity index (χ1) is 7.90. The van der Waals surface area contributed by atoms with Crippen LogP contribution in [0, 0.1) is 0 Å². The van der Waals surface area contributed by atoms with Crippen molar-refractivity contribution in [1.82, 2.24) is 15.5 Å². The normalized spacial score (nSPS) is 12.4. The SMILES string of the molecule is CC(C)NC(=O)C(C)Nc1cc(Cl)nnc1Cl. The highest BCUT2D eigenvalue weighted by Gasteiger charge is 2.15. The molecule has 0 aliphatic carbocycles. The first-order valence-corrected chi connectivity index (χ1v) is 5.91. The van der Waals surface area contributed by atoms with E-state index < -0.39 is 6.04 Å². The first kappa shape index (κ1) is 14.0. The van der Waals surface area contributed by atoms with E-state index in [2.05, 4.69) is 20.8 Å². The van der Waals surface area contributed by atoms with Crippen molar-refractivity contribution in [2.45, 2.75) is 32.9 Å². The molecule has 0 saturated carbocycles. The molecule has 0 saturated heterocycles. The Morgan fingerprint density at radius 2 is 1.94 bits per heavy atom. The van der Waals surface area contributed by atoms with Gasteiger partial charge in [-0.25, -0.2) is 0 Å². The molecule has 1 rings (SSSR count). The van der Waals surface area contributed by atoms with Crippen LogP contribution in [0.25, 0.3) is 0 Å². The summed E-state index contributed by atoms with van der Waals surface area (Å²) in [5.41, 5.74) is 0.484. The summed E-state index contributed by atoms with van der Waals surface area (Å²) in [7, 11) is 0. The minimum atomic E-state index is -0.435. The number of nitrogens with one attached hydrogen (secondary N) is 2. The molecule has 1 heterocycles. The fourth-order valence-corrected chi connectivity index (χ4v) is 1.46. The number of hydrogen-bond acceptors (Lipinski definition) is 4. The van der Waals surface area contributed by atoms with Gasteiger partial charge in [0.2, 0.25) is 5.91 Å². The molecule has 5 nitrogen and oxygen atoms in total. The van der Waals surface area contributed by atoms with E-state index in [1.165, 1.54) is 6.07 Å². The van der Waals surface area contributed by atoms with Crippen LogP contribution in [0.5, 0.6) is 0 Å². The van der Waals surface area contributed by atoms with Gasteiger partial charge in [-0.15, -0.1) is 10.2 Å².